The zero-order valence-corrected chi connectivity index (χ0v) is 12.5. The molecule has 0 aromatic heterocycles. The number of anilines is 2. The summed E-state index contributed by atoms with van der Waals surface area (Å²) in [6.45, 7) is 3.56. The summed E-state index contributed by atoms with van der Waals surface area (Å²) in [5.74, 6) is -1.57. The molecule has 1 unspecified atom stereocenters. The van der Waals surface area contributed by atoms with Crippen LogP contribution in [0.1, 0.15) is 20.3 Å². The summed E-state index contributed by atoms with van der Waals surface area (Å²) in [7, 11) is 3.88. The van der Waals surface area contributed by atoms with Crippen molar-refractivity contribution in [2.45, 2.75) is 20.3 Å². The van der Waals surface area contributed by atoms with E-state index in [2.05, 4.69) is 0 Å². The van der Waals surface area contributed by atoms with Gasteiger partial charge in [0, 0.05) is 38.4 Å². The maximum atomic E-state index is 12.0. The predicted octanol–water partition coefficient (Wildman–Crippen LogP) is 2.22. The number of nitrogens with zero attached hydrogens (tertiary/aromatic N) is 2. The van der Waals surface area contributed by atoms with Crippen LogP contribution in [0.5, 0.6) is 0 Å². The second kappa shape index (κ2) is 6.93. The Balaban J connectivity index is 2.98. The highest BCUT2D eigenvalue weighted by molar-refractivity contribution is 5.94. The second-order valence-corrected chi connectivity index (χ2v) is 5.01. The fraction of sp³-hybridized carbons (Fsp3) is 0.467. The zero-order chi connectivity index (χ0) is 15.3. The molecule has 1 rings (SSSR count). The van der Waals surface area contributed by atoms with Gasteiger partial charge in [0.1, 0.15) is 0 Å². The van der Waals surface area contributed by atoms with Gasteiger partial charge in [-0.05, 0) is 24.3 Å². The Labute approximate surface area is 119 Å². The first-order valence-electron chi connectivity index (χ1n) is 6.67. The maximum absolute atomic E-state index is 12.0. The standard InChI is InChI=1S/C15H22N2O3/c1-5-14(18)17(10-11(2)15(19)20)13-8-6-12(7-9-13)16(3)4/h6-9,11H,5,10H2,1-4H3,(H,19,20). The van der Waals surface area contributed by atoms with Crippen molar-refractivity contribution in [3.63, 3.8) is 0 Å². The number of carboxylic acid groups (broad SMARTS) is 1. The Morgan fingerprint density at radius 3 is 2.05 bits per heavy atom. The van der Waals surface area contributed by atoms with Crippen LogP contribution in [-0.4, -0.2) is 37.6 Å². The van der Waals surface area contributed by atoms with Crippen LogP contribution in [0, 0.1) is 5.92 Å². The molecule has 0 fully saturated rings. The largest absolute Gasteiger partial charge is 0.481 e. The third-order valence-corrected chi connectivity index (χ3v) is 3.16. The number of aliphatic carboxylic acids is 1. The van der Waals surface area contributed by atoms with Crippen LogP contribution in [0.3, 0.4) is 0 Å². The lowest BCUT2D eigenvalue weighted by atomic mass is 10.1. The topological polar surface area (TPSA) is 60.9 Å². The normalized spacial score (nSPS) is 11.8. The number of benzene rings is 1. The number of rotatable bonds is 6. The number of carbonyl (C=O) groups excluding carboxylic acids is 1. The molecule has 0 bridgehead atoms. The molecule has 0 heterocycles. The van der Waals surface area contributed by atoms with Gasteiger partial charge < -0.3 is 14.9 Å². The van der Waals surface area contributed by atoms with Crippen molar-refractivity contribution in [1.29, 1.82) is 0 Å². The summed E-state index contributed by atoms with van der Waals surface area (Å²) in [5.41, 5.74) is 1.76. The lowest BCUT2D eigenvalue weighted by molar-refractivity contribution is -0.140. The monoisotopic (exact) mass is 278 g/mol. The molecule has 1 N–H and O–H groups in total. The summed E-state index contributed by atoms with van der Waals surface area (Å²) in [5, 5.41) is 9.00. The van der Waals surface area contributed by atoms with E-state index in [0.29, 0.717) is 6.42 Å². The highest BCUT2D eigenvalue weighted by atomic mass is 16.4. The molecule has 0 aliphatic carbocycles. The van der Waals surface area contributed by atoms with Gasteiger partial charge in [-0.1, -0.05) is 13.8 Å². The van der Waals surface area contributed by atoms with Gasteiger partial charge >= 0.3 is 5.97 Å². The van der Waals surface area contributed by atoms with Gasteiger partial charge in [0.05, 0.1) is 5.92 Å². The van der Waals surface area contributed by atoms with Crippen LogP contribution in [0.4, 0.5) is 11.4 Å². The second-order valence-electron chi connectivity index (χ2n) is 5.01. The Kier molecular flexibility index (Phi) is 5.55. The van der Waals surface area contributed by atoms with Crippen LogP contribution >= 0.6 is 0 Å². The lowest BCUT2D eigenvalue weighted by Gasteiger charge is -2.25. The zero-order valence-electron chi connectivity index (χ0n) is 12.5. The molecular weight excluding hydrogens is 256 g/mol. The van der Waals surface area contributed by atoms with Crippen molar-refractivity contribution >= 4 is 23.3 Å². The smallest absolute Gasteiger partial charge is 0.308 e. The fourth-order valence-electron chi connectivity index (χ4n) is 1.82. The van der Waals surface area contributed by atoms with Gasteiger partial charge in [-0.15, -0.1) is 0 Å². The Morgan fingerprint density at radius 2 is 1.65 bits per heavy atom. The van der Waals surface area contributed by atoms with Crippen LogP contribution in [0.25, 0.3) is 0 Å². The van der Waals surface area contributed by atoms with Gasteiger partial charge in [-0.3, -0.25) is 9.59 Å². The van der Waals surface area contributed by atoms with E-state index in [1.807, 2.05) is 43.3 Å². The third-order valence-electron chi connectivity index (χ3n) is 3.16. The quantitative estimate of drug-likeness (QED) is 0.866. The summed E-state index contributed by atoms with van der Waals surface area (Å²) in [6.07, 6.45) is 0.349. The third kappa shape index (κ3) is 3.98. The molecule has 0 aliphatic heterocycles. The average molecular weight is 278 g/mol. The van der Waals surface area contributed by atoms with E-state index in [1.54, 1.807) is 13.8 Å². The van der Waals surface area contributed by atoms with Crippen LogP contribution in [0.2, 0.25) is 0 Å². The molecule has 5 nitrogen and oxygen atoms in total. The molecule has 5 heteroatoms. The Bertz CT molecular complexity index is 469. The number of carbonyl (C=O) groups is 2. The highest BCUT2D eigenvalue weighted by Gasteiger charge is 2.20. The van der Waals surface area contributed by atoms with Crippen molar-refractivity contribution < 1.29 is 14.7 Å². The summed E-state index contributed by atoms with van der Waals surface area (Å²) < 4.78 is 0. The van der Waals surface area contributed by atoms with E-state index >= 15 is 0 Å². The van der Waals surface area contributed by atoms with E-state index in [9.17, 15) is 9.59 Å². The molecular formula is C15H22N2O3. The van der Waals surface area contributed by atoms with E-state index in [1.165, 1.54) is 4.90 Å². The summed E-state index contributed by atoms with van der Waals surface area (Å²) >= 11 is 0. The van der Waals surface area contributed by atoms with E-state index in [0.717, 1.165) is 11.4 Å². The van der Waals surface area contributed by atoms with Crippen molar-refractivity contribution in [3.8, 4) is 0 Å². The van der Waals surface area contributed by atoms with Crippen LogP contribution < -0.4 is 9.80 Å². The number of hydrogen-bond donors (Lipinski definition) is 1. The van der Waals surface area contributed by atoms with Crippen molar-refractivity contribution in [2.24, 2.45) is 5.92 Å². The molecule has 0 saturated carbocycles. The molecule has 0 spiro atoms. The minimum absolute atomic E-state index is 0.0734. The first-order chi connectivity index (χ1) is 9.36. The predicted molar refractivity (Wildman–Crippen MR) is 80.2 cm³/mol. The molecule has 1 aromatic carbocycles. The average Bonchev–Trinajstić information content (AvgIpc) is 2.43. The van der Waals surface area contributed by atoms with E-state index in [4.69, 9.17) is 5.11 Å². The van der Waals surface area contributed by atoms with Crippen LogP contribution in [0.15, 0.2) is 24.3 Å². The number of hydrogen-bond acceptors (Lipinski definition) is 3. The minimum Gasteiger partial charge on any atom is -0.481 e. The Morgan fingerprint density at radius 1 is 1.15 bits per heavy atom. The van der Waals surface area contributed by atoms with Gasteiger partial charge in [-0.2, -0.15) is 0 Å². The number of amides is 1. The molecule has 0 saturated heterocycles. The highest BCUT2D eigenvalue weighted by Crippen LogP contribution is 2.21. The maximum Gasteiger partial charge on any atom is 0.308 e. The van der Waals surface area contributed by atoms with E-state index in [-0.39, 0.29) is 12.5 Å². The van der Waals surface area contributed by atoms with Crippen LogP contribution in [-0.2, 0) is 9.59 Å². The summed E-state index contributed by atoms with van der Waals surface area (Å²) in [6, 6.07) is 7.52. The summed E-state index contributed by atoms with van der Waals surface area (Å²) in [4.78, 5) is 26.5. The van der Waals surface area contributed by atoms with Gasteiger partial charge in [0.25, 0.3) is 0 Å². The molecule has 1 aromatic rings. The van der Waals surface area contributed by atoms with Crippen molar-refractivity contribution in [1.82, 2.24) is 0 Å². The fourth-order valence-corrected chi connectivity index (χ4v) is 1.82. The van der Waals surface area contributed by atoms with E-state index < -0.39 is 11.9 Å². The first kappa shape index (κ1) is 16.0. The number of carboxylic acids is 1. The molecule has 110 valence electrons. The van der Waals surface area contributed by atoms with Gasteiger partial charge in [-0.25, -0.2) is 0 Å². The minimum atomic E-state index is -0.899. The molecule has 1 amide bonds. The molecule has 0 radical (unpaired) electrons. The first-order valence-corrected chi connectivity index (χ1v) is 6.67. The molecule has 1 atom stereocenters. The SMILES string of the molecule is CCC(=O)N(CC(C)C(=O)O)c1ccc(N(C)C)cc1. The molecule has 20 heavy (non-hydrogen) atoms. The van der Waals surface area contributed by atoms with Crippen molar-refractivity contribution in [2.75, 3.05) is 30.4 Å². The Hall–Kier alpha value is -2.04. The van der Waals surface area contributed by atoms with Gasteiger partial charge in [0.15, 0.2) is 0 Å². The lowest BCUT2D eigenvalue weighted by Crippen LogP contribution is -2.36. The van der Waals surface area contributed by atoms with Crippen molar-refractivity contribution in [3.05, 3.63) is 24.3 Å². The molecule has 0 aliphatic rings. The van der Waals surface area contributed by atoms with Gasteiger partial charge in [0.2, 0.25) is 5.91 Å².